The molecular weight excluding hydrogens is 338 g/mol. The number of aromatic nitrogens is 2. The van der Waals surface area contributed by atoms with Crippen molar-refractivity contribution in [3.8, 4) is 0 Å². The van der Waals surface area contributed by atoms with Gasteiger partial charge in [-0.25, -0.2) is 4.79 Å². The Bertz CT molecular complexity index is 738. The molecule has 0 aliphatic heterocycles. The first-order valence-electron chi connectivity index (χ1n) is 10.8. The number of rotatable bonds is 6. The van der Waals surface area contributed by atoms with Gasteiger partial charge in [-0.3, -0.25) is 4.79 Å². The third kappa shape index (κ3) is 3.97. The van der Waals surface area contributed by atoms with Gasteiger partial charge in [-0.2, -0.15) is 4.98 Å². The third-order valence-corrected chi connectivity index (χ3v) is 7.34. The molecule has 1 amide bonds. The summed E-state index contributed by atoms with van der Waals surface area (Å²) < 4.78 is 0. The molecule has 0 radical (unpaired) electrons. The Morgan fingerprint density at radius 1 is 1.26 bits per heavy atom. The smallest absolute Gasteiger partial charge is 0.345 e. The lowest BCUT2D eigenvalue weighted by atomic mass is 9.48. The van der Waals surface area contributed by atoms with Crippen molar-refractivity contribution < 1.29 is 4.79 Å². The van der Waals surface area contributed by atoms with Crippen LogP contribution < -0.4 is 11.0 Å². The second-order valence-electron chi connectivity index (χ2n) is 9.79. The molecule has 1 aromatic rings. The zero-order valence-electron chi connectivity index (χ0n) is 16.7. The van der Waals surface area contributed by atoms with E-state index < -0.39 is 5.69 Å². The van der Waals surface area contributed by atoms with E-state index in [0.717, 1.165) is 36.3 Å². The fraction of sp³-hybridized carbons (Fsp3) is 0.773. The van der Waals surface area contributed by atoms with E-state index in [0.29, 0.717) is 17.9 Å². The maximum absolute atomic E-state index is 12.6. The van der Waals surface area contributed by atoms with Gasteiger partial charge in [0.05, 0.1) is 0 Å². The fourth-order valence-electron chi connectivity index (χ4n) is 6.37. The van der Waals surface area contributed by atoms with Crippen LogP contribution in [-0.4, -0.2) is 22.4 Å². The third-order valence-electron chi connectivity index (χ3n) is 7.34. The van der Waals surface area contributed by atoms with E-state index in [1.54, 1.807) is 6.07 Å². The van der Waals surface area contributed by atoms with Gasteiger partial charge in [-0.05, 0) is 80.1 Å². The van der Waals surface area contributed by atoms with Crippen LogP contribution in [0.25, 0.3) is 0 Å². The summed E-state index contributed by atoms with van der Waals surface area (Å²) in [6.07, 6.45) is 11.6. The molecule has 2 N–H and O–H groups in total. The Balaban J connectivity index is 1.39. The predicted molar refractivity (Wildman–Crippen MR) is 106 cm³/mol. The van der Waals surface area contributed by atoms with Gasteiger partial charge in [0.1, 0.15) is 5.69 Å². The quantitative estimate of drug-likeness (QED) is 0.801. The van der Waals surface area contributed by atoms with E-state index in [4.69, 9.17) is 0 Å². The number of hydrogen-bond acceptors (Lipinski definition) is 3. The summed E-state index contributed by atoms with van der Waals surface area (Å²) in [5.41, 5.74) is 1.06. The van der Waals surface area contributed by atoms with E-state index in [2.05, 4.69) is 29.1 Å². The number of fused-ring (bicyclic) bond motifs is 2. The molecule has 3 aliphatic carbocycles. The molecule has 4 rings (SSSR count). The van der Waals surface area contributed by atoms with Gasteiger partial charge < -0.3 is 10.3 Å². The summed E-state index contributed by atoms with van der Waals surface area (Å²) in [6.45, 7) is 4.88. The van der Waals surface area contributed by atoms with Crippen molar-refractivity contribution in [2.75, 3.05) is 6.54 Å². The van der Waals surface area contributed by atoms with E-state index in [-0.39, 0.29) is 11.6 Å². The van der Waals surface area contributed by atoms with Crippen LogP contribution in [0.4, 0.5) is 0 Å². The van der Waals surface area contributed by atoms with Gasteiger partial charge in [-0.15, -0.1) is 0 Å². The Morgan fingerprint density at radius 3 is 2.63 bits per heavy atom. The Kier molecular flexibility index (Phi) is 5.13. The molecule has 2 atom stereocenters. The number of carbonyl (C=O) groups is 1. The maximum atomic E-state index is 12.6. The minimum absolute atomic E-state index is 0.212. The van der Waals surface area contributed by atoms with Crippen LogP contribution >= 0.6 is 0 Å². The number of nitrogens with one attached hydrogen (secondary N) is 2. The summed E-state index contributed by atoms with van der Waals surface area (Å²) in [5, 5.41) is 3.06. The van der Waals surface area contributed by atoms with Crippen LogP contribution in [0.3, 0.4) is 0 Å². The van der Waals surface area contributed by atoms with Crippen LogP contribution in [0.2, 0.25) is 0 Å². The second-order valence-corrected chi connectivity index (χ2v) is 9.79. The number of aromatic amines is 1. The zero-order chi connectivity index (χ0) is 19.0. The second kappa shape index (κ2) is 7.40. The molecule has 1 aromatic heterocycles. The SMILES string of the molecule is CC(C)Cc1cc(C(=O)NCCC23CC4CCC2CCC(C4)C3)nc(=O)[nH]1. The monoisotopic (exact) mass is 371 g/mol. The topological polar surface area (TPSA) is 74.8 Å². The predicted octanol–water partition coefficient (Wildman–Crippen LogP) is 3.69. The number of H-pyrrole nitrogens is 1. The van der Waals surface area contributed by atoms with Gasteiger partial charge in [0.15, 0.2) is 0 Å². The number of amides is 1. The average molecular weight is 372 g/mol. The summed E-state index contributed by atoms with van der Waals surface area (Å²) in [4.78, 5) is 31.0. The molecule has 0 saturated heterocycles. The molecule has 5 nitrogen and oxygen atoms in total. The molecule has 148 valence electrons. The molecule has 3 bridgehead atoms. The molecule has 1 heterocycles. The fourth-order valence-corrected chi connectivity index (χ4v) is 6.37. The lowest BCUT2D eigenvalue weighted by molar-refractivity contribution is -0.0614. The number of nitrogens with zero attached hydrogens (tertiary/aromatic N) is 1. The van der Waals surface area contributed by atoms with Crippen molar-refractivity contribution in [3.05, 3.63) is 27.9 Å². The first-order valence-corrected chi connectivity index (χ1v) is 10.8. The normalized spacial score (nSPS) is 31.9. The molecule has 3 saturated carbocycles. The Hall–Kier alpha value is -1.65. The van der Waals surface area contributed by atoms with Gasteiger partial charge in [0.2, 0.25) is 0 Å². The van der Waals surface area contributed by atoms with Crippen molar-refractivity contribution in [2.45, 2.75) is 71.6 Å². The van der Waals surface area contributed by atoms with Gasteiger partial charge >= 0.3 is 5.69 Å². The van der Waals surface area contributed by atoms with Crippen LogP contribution in [0.1, 0.15) is 81.4 Å². The van der Waals surface area contributed by atoms with Gasteiger partial charge in [0, 0.05) is 12.2 Å². The molecule has 0 aromatic carbocycles. The highest BCUT2D eigenvalue weighted by molar-refractivity contribution is 5.92. The molecular formula is C22H33N3O2. The van der Waals surface area contributed by atoms with Crippen LogP contribution in [0.15, 0.2) is 10.9 Å². The first kappa shape index (κ1) is 18.7. The average Bonchev–Trinajstić information content (AvgIpc) is 2.58. The lowest BCUT2D eigenvalue weighted by Crippen LogP contribution is -2.48. The minimum atomic E-state index is -0.434. The van der Waals surface area contributed by atoms with E-state index in [1.807, 2.05) is 0 Å². The molecule has 5 heteroatoms. The molecule has 3 fully saturated rings. The van der Waals surface area contributed by atoms with Crippen LogP contribution in [0.5, 0.6) is 0 Å². The first-order chi connectivity index (χ1) is 12.9. The van der Waals surface area contributed by atoms with E-state index in [1.165, 1.54) is 44.9 Å². The van der Waals surface area contributed by atoms with E-state index >= 15 is 0 Å². The summed E-state index contributed by atoms with van der Waals surface area (Å²) in [7, 11) is 0. The highest BCUT2D eigenvalue weighted by Gasteiger charge is 2.50. The Labute approximate surface area is 161 Å². The van der Waals surface area contributed by atoms with Gasteiger partial charge in [-0.1, -0.05) is 26.7 Å². The molecule has 2 unspecified atom stereocenters. The standard InChI is InChI=1S/C22H33N3O2/c1-14(2)9-18-11-19(25-21(27)24-18)20(26)23-8-7-22-12-15-3-5-17(22)6-4-16(10-15)13-22/h11,14-17H,3-10,12-13H2,1-2H3,(H,23,26)(H,24,25,27). The highest BCUT2D eigenvalue weighted by atomic mass is 16.2. The van der Waals surface area contributed by atoms with Crippen molar-refractivity contribution in [1.82, 2.24) is 15.3 Å². The van der Waals surface area contributed by atoms with Crippen molar-refractivity contribution in [1.29, 1.82) is 0 Å². The van der Waals surface area contributed by atoms with E-state index in [9.17, 15) is 9.59 Å². The number of carbonyl (C=O) groups excluding carboxylic acids is 1. The van der Waals surface area contributed by atoms with Crippen molar-refractivity contribution in [3.63, 3.8) is 0 Å². The van der Waals surface area contributed by atoms with Crippen LogP contribution in [0, 0.1) is 29.1 Å². The van der Waals surface area contributed by atoms with Gasteiger partial charge in [0.25, 0.3) is 5.91 Å². The zero-order valence-corrected chi connectivity index (χ0v) is 16.7. The Morgan fingerprint density at radius 2 is 1.96 bits per heavy atom. The largest absolute Gasteiger partial charge is 0.351 e. The molecule has 3 aliphatic rings. The number of hydrogen-bond donors (Lipinski definition) is 2. The van der Waals surface area contributed by atoms with Crippen molar-refractivity contribution >= 4 is 5.91 Å². The maximum Gasteiger partial charge on any atom is 0.345 e. The summed E-state index contributed by atoms with van der Waals surface area (Å²) >= 11 is 0. The molecule has 0 spiro atoms. The highest BCUT2D eigenvalue weighted by Crippen LogP contribution is 2.61. The lowest BCUT2D eigenvalue weighted by Gasteiger charge is -2.57. The van der Waals surface area contributed by atoms with Crippen molar-refractivity contribution in [2.24, 2.45) is 29.1 Å². The summed E-state index contributed by atoms with van der Waals surface area (Å²) in [5.74, 6) is 2.90. The summed E-state index contributed by atoms with van der Waals surface area (Å²) in [6, 6.07) is 1.73. The minimum Gasteiger partial charge on any atom is -0.351 e. The van der Waals surface area contributed by atoms with Crippen LogP contribution in [-0.2, 0) is 6.42 Å². The molecule has 27 heavy (non-hydrogen) atoms.